The van der Waals surface area contributed by atoms with Gasteiger partial charge in [0.25, 0.3) is 0 Å². The van der Waals surface area contributed by atoms with Crippen molar-refractivity contribution in [2.75, 3.05) is 5.73 Å². The first-order valence-corrected chi connectivity index (χ1v) is 8.08. The molecular formula is C13H9Cl2N3S2. The van der Waals surface area contributed by atoms with Crippen LogP contribution in [0.4, 0.5) is 5.95 Å². The molecule has 0 amide bonds. The highest BCUT2D eigenvalue weighted by atomic mass is 35.5. The Bertz CT molecular complexity index is 802. The summed E-state index contributed by atoms with van der Waals surface area (Å²) in [5.41, 5.74) is 5.77. The molecule has 2 heterocycles. The zero-order chi connectivity index (χ0) is 14.3. The van der Waals surface area contributed by atoms with E-state index >= 15 is 0 Å². The average Bonchev–Trinajstić information content (AvgIpc) is 2.74. The number of halogens is 2. The van der Waals surface area contributed by atoms with Gasteiger partial charge >= 0.3 is 0 Å². The number of nitrogens with two attached hydrogens (primary N) is 1. The lowest BCUT2D eigenvalue weighted by molar-refractivity contribution is 1.12. The van der Waals surface area contributed by atoms with Gasteiger partial charge in [0.1, 0.15) is 9.86 Å². The Morgan fingerprint density at radius 3 is 2.70 bits per heavy atom. The van der Waals surface area contributed by atoms with E-state index in [1.165, 1.54) is 16.6 Å². The summed E-state index contributed by atoms with van der Waals surface area (Å²) in [4.78, 5) is 11.6. The fraction of sp³-hybridized carbons (Fsp3) is 0.0769. The van der Waals surface area contributed by atoms with Crippen molar-refractivity contribution < 1.29 is 0 Å². The summed E-state index contributed by atoms with van der Waals surface area (Å²) in [5.74, 6) is 0.280. The Morgan fingerprint density at radius 2 is 1.95 bits per heavy atom. The number of thiophene rings is 1. The van der Waals surface area contributed by atoms with Crippen LogP contribution >= 0.6 is 46.3 Å². The topological polar surface area (TPSA) is 51.8 Å². The molecule has 2 N–H and O–H groups in total. The highest BCUT2D eigenvalue weighted by Gasteiger charge is 2.11. The van der Waals surface area contributed by atoms with E-state index in [1.807, 2.05) is 19.1 Å². The fourth-order valence-electron chi connectivity index (χ4n) is 1.76. The van der Waals surface area contributed by atoms with E-state index in [0.29, 0.717) is 10.0 Å². The lowest BCUT2D eigenvalue weighted by atomic mass is 10.4. The number of nitrogens with zero attached hydrogens (tertiary/aromatic N) is 2. The summed E-state index contributed by atoms with van der Waals surface area (Å²) in [5, 5.41) is 2.90. The van der Waals surface area contributed by atoms with Crippen LogP contribution in [0.2, 0.25) is 10.0 Å². The van der Waals surface area contributed by atoms with Crippen molar-refractivity contribution in [3.8, 4) is 0 Å². The SMILES string of the molecule is Cc1cc2c(Sc3ccc(Cl)c(Cl)c3)nc(N)nc2s1. The van der Waals surface area contributed by atoms with Crippen molar-refractivity contribution in [2.24, 2.45) is 0 Å². The largest absolute Gasteiger partial charge is 0.368 e. The molecule has 0 saturated heterocycles. The highest BCUT2D eigenvalue weighted by Crippen LogP contribution is 2.37. The van der Waals surface area contributed by atoms with Gasteiger partial charge in [-0.2, -0.15) is 0 Å². The van der Waals surface area contributed by atoms with Crippen molar-refractivity contribution in [1.29, 1.82) is 0 Å². The summed E-state index contributed by atoms with van der Waals surface area (Å²) in [6.45, 7) is 2.04. The van der Waals surface area contributed by atoms with E-state index in [1.54, 1.807) is 17.4 Å². The standard InChI is InChI=1S/C13H9Cl2N3S2/c1-6-4-8-11(19-6)17-13(16)18-12(8)20-7-2-3-9(14)10(15)5-7/h2-5H,1H3,(H2,16,17,18). The molecule has 0 radical (unpaired) electrons. The number of fused-ring (bicyclic) bond motifs is 1. The average molecular weight is 342 g/mol. The van der Waals surface area contributed by atoms with Crippen molar-refractivity contribution in [2.45, 2.75) is 16.8 Å². The van der Waals surface area contributed by atoms with E-state index in [9.17, 15) is 0 Å². The number of aromatic nitrogens is 2. The normalized spacial score (nSPS) is 11.2. The minimum Gasteiger partial charge on any atom is -0.368 e. The molecule has 0 saturated carbocycles. The predicted molar refractivity (Wildman–Crippen MR) is 87.1 cm³/mol. The van der Waals surface area contributed by atoms with E-state index in [0.717, 1.165) is 20.1 Å². The second kappa shape index (κ2) is 5.41. The maximum atomic E-state index is 6.03. The van der Waals surface area contributed by atoms with Crippen LogP contribution in [0.25, 0.3) is 10.2 Å². The second-order valence-corrected chi connectivity index (χ2v) is 7.25. The molecule has 0 bridgehead atoms. The maximum Gasteiger partial charge on any atom is 0.222 e. The van der Waals surface area contributed by atoms with Crippen LogP contribution < -0.4 is 5.73 Å². The molecule has 0 fully saturated rings. The van der Waals surface area contributed by atoms with E-state index in [-0.39, 0.29) is 5.95 Å². The number of rotatable bonds is 2. The van der Waals surface area contributed by atoms with Crippen LogP contribution in [0.15, 0.2) is 34.2 Å². The van der Waals surface area contributed by atoms with Gasteiger partial charge in [-0.15, -0.1) is 11.3 Å². The Labute approximate surface area is 134 Å². The second-order valence-electron chi connectivity index (χ2n) is 4.14. The quantitative estimate of drug-likeness (QED) is 0.663. The molecule has 102 valence electrons. The smallest absolute Gasteiger partial charge is 0.222 e. The maximum absolute atomic E-state index is 6.03. The highest BCUT2D eigenvalue weighted by molar-refractivity contribution is 7.99. The molecule has 0 aliphatic heterocycles. The molecule has 3 aromatic rings. The van der Waals surface area contributed by atoms with Gasteiger partial charge in [-0.25, -0.2) is 9.97 Å². The number of benzene rings is 1. The lowest BCUT2D eigenvalue weighted by Crippen LogP contribution is -1.95. The van der Waals surface area contributed by atoms with Gasteiger partial charge in [0.05, 0.1) is 10.0 Å². The van der Waals surface area contributed by atoms with Crippen LogP contribution in [0, 0.1) is 6.92 Å². The molecule has 0 spiro atoms. The minimum absolute atomic E-state index is 0.280. The first-order valence-electron chi connectivity index (χ1n) is 5.69. The third-order valence-corrected chi connectivity index (χ3v) is 5.28. The molecule has 1 aromatic carbocycles. The van der Waals surface area contributed by atoms with Crippen molar-refractivity contribution in [3.63, 3.8) is 0 Å². The van der Waals surface area contributed by atoms with E-state index in [4.69, 9.17) is 28.9 Å². The molecular weight excluding hydrogens is 333 g/mol. The van der Waals surface area contributed by atoms with Crippen molar-refractivity contribution in [1.82, 2.24) is 9.97 Å². The van der Waals surface area contributed by atoms with E-state index < -0.39 is 0 Å². The number of anilines is 1. The van der Waals surface area contributed by atoms with Crippen LogP contribution in [0.1, 0.15) is 4.88 Å². The van der Waals surface area contributed by atoms with E-state index in [2.05, 4.69) is 16.0 Å². The van der Waals surface area contributed by atoms with Crippen molar-refractivity contribution >= 4 is 62.5 Å². The fourth-order valence-corrected chi connectivity index (χ4v) is 4.02. The molecule has 0 aliphatic rings. The molecule has 0 unspecified atom stereocenters. The van der Waals surface area contributed by atoms with Crippen LogP contribution in [-0.4, -0.2) is 9.97 Å². The summed E-state index contributed by atoms with van der Waals surface area (Å²) in [7, 11) is 0. The Hall–Kier alpha value is -1.01. The zero-order valence-electron chi connectivity index (χ0n) is 10.4. The summed E-state index contributed by atoms with van der Waals surface area (Å²) in [6, 6.07) is 7.56. The molecule has 20 heavy (non-hydrogen) atoms. The third kappa shape index (κ3) is 2.72. The third-order valence-electron chi connectivity index (χ3n) is 2.60. The summed E-state index contributed by atoms with van der Waals surface area (Å²) < 4.78 is 0. The number of hydrogen-bond donors (Lipinski definition) is 1. The van der Waals surface area contributed by atoms with Gasteiger partial charge in [0, 0.05) is 15.2 Å². The zero-order valence-corrected chi connectivity index (χ0v) is 13.5. The number of hydrogen-bond acceptors (Lipinski definition) is 5. The van der Waals surface area contributed by atoms with Crippen molar-refractivity contribution in [3.05, 3.63) is 39.2 Å². The Balaban J connectivity index is 2.07. The van der Waals surface area contributed by atoms with Crippen LogP contribution in [-0.2, 0) is 0 Å². The van der Waals surface area contributed by atoms with Gasteiger partial charge in [-0.3, -0.25) is 0 Å². The van der Waals surface area contributed by atoms with Crippen LogP contribution in [0.3, 0.4) is 0 Å². The minimum atomic E-state index is 0.280. The van der Waals surface area contributed by atoms with Gasteiger partial charge in [-0.1, -0.05) is 35.0 Å². The molecule has 0 atom stereocenters. The molecule has 3 nitrogen and oxygen atoms in total. The molecule has 3 rings (SSSR count). The first-order chi connectivity index (χ1) is 9.52. The molecule has 2 aromatic heterocycles. The number of nitrogen functional groups attached to an aromatic ring is 1. The van der Waals surface area contributed by atoms with Gasteiger partial charge in [-0.05, 0) is 31.2 Å². The Morgan fingerprint density at radius 1 is 1.15 bits per heavy atom. The lowest BCUT2D eigenvalue weighted by Gasteiger charge is -2.04. The van der Waals surface area contributed by atoms with Gasteiger partial charge < -0.3 is 5.73 Å². The molecule has 7 heteroatoms. The first kappa shape index (κ1) is 13.9. The molecule has 0 aliphatic carbocycles. The summed E-state index contributed by atoms with van der Waals surface area (Å²) >= 11 is 15.1. The van der Waals surface area contributed by atoms with Crippen LogP contribution in [0.5, 0.6) is 0 Å². The monoisotopic (exact) mass is 341 g/mol. The van der Waals surface area contributed by atoms with Gasteiger partial charge in [0.15, 0.2) is 0 Å². The number of aryl methyl sites for hydroxylation is 1. The van der Waals surface area contributed by atoms with Gasteiger partial charge in [0.2, 0.25) is 5.95 Å². The summed E-state index contributed by atoms with van der Waals surface area (Å²) in [6.07, 6.45) is 0. The Kier molecular flexibility index (Phi) is 3.77. The predicted octanol–water partition coefficient (Wildman–Crippen LogP) is 5.04.